The number of nitrogens with one attached hydrogen (secondary N) is 2. The molecule has 2 aromatic rings. The lowest BCUT2D eigenvalue weighted by Gasteiger charge is -2.24. The zero-order chi connectivity index (χ0) is 21.4. The number of hydrogen-bond acceptors (Lipinski definition) is 4. The number of nitrogens with zero attached hydrogens (tertiary/aromatic N) is 1. The van der Waals surface area contributed by atoms with E-state index in [1.165, 1.54) is 12.1 Å². The van der Waals surface area contributed by atoms with Crippen LogP contribution in [0.25, 0.3) is 0 Å². The molecular weight excluding hydrogens is 361 g/mol. The van der Waals surface area contributed by atoms with Crippen LogP contribution in [-0.2, 0) is 7.05 Å². The highest BCUT2D eigenvalue weighted by atomic mass is 19.1. The SMILES string of the molecule is Cc1cc(NC(=O)c2c(C)c(C(=O)C(O)NC(C)(C)C)n(C)c2C)ccc1F. The third kappa shape index (κ3) is 4.48. The van der Waals surface area contributed by atoms with Gasteiger partial charge in [0.1, 0.15) is 5.82 Å². The molecule has 1 atom stereocenters. The van der Waals surface area contributed by atoms with Crippen molar-refractivity contribution < 1.29 is 19.1 Å². The van der Waals surface area contributed by atoms with Crippen LogP contribution in [0.5, 0.6) is 0 Å². The monoisotopic (exact) mass is 389 g/mol. The maximum absolute atomic E-state index is 13.4. The molecule has 0 spiro atoms. The molecule has 0 saturated heterocycles. The van der Waals surface area contributed by atoms with Gasteiger partial charge in [-0.15, -0.1) is 0 Å². The van der Waals surface area contributed by atoms with Gasteiger partial charge in [0.15, 0.2) is 6.23 Å². The Morgan fingerprint density at radius 3 is 2.32 bits per heavy atom. The van der Waals surface area contributed by atoms with Crippen molar-refractivity contribution in [1.29, 1.82) is 0 Å². The molecule has 0 radical (unpaired) electrons. The fourth-order valence-corrected chi connectivity index (χ4v) is 3.18. The van der Waals surface area contributed by atoms with E-state index in [0.717, 1.165) is 0 Å². The Labute approximate surface area is 164 Å². The fraction of sp³-hybridized carbons (Fsp3) is 0.429. The number of carbonyl (C=O) groups excluding carboxylic acids is 2. The molecule has 1 aromatic heterocycles. The summed E-state index contributed by atoms with van der Waals surface area (Å²) in [4.78, 5) is 25.6. The van der Waals surface area contributed by atoms with E-state index >= 15 is 0 Å². The summed E-state index contributed by atoms with van der Waals surface area (Å²) in [6.07, 6.45) is -1.39. The molecule has 0 bridgehead atoms. The molecule has 2 rings (SSSR count). The highest BCUT2D eigenvalue weighted by Crippen LogP contribution is 2.24. The van der Waals surface area contributed by atoms with E-state index < -0.39 is 23.5 Å². The summed E-state index contributed by atoms with van der Waals surface area (Å²) in [5.41, 5.74) is 2.14. The first-order valence-electron chi connectivity index (χ1n) is 9.07. The quantitative estimate of drug-likeness (QED) is 0.542. The number of anilines is 1. The Hall–Kier alpha value is -2.51. The topological polar surface area (TPSA) is 83.4 Å². The van der Waals surface area contributed by atoms with Crippen LogP contribution >= 0.6 is 0 Å². The number of ketones is 1. The van der Waals surface area contributed by atoms with Crippen molar-refractivity contribution in [3.8, 4) is 0 Å². The second kappa shape index (κ2) is 7.85. The largest absolute Gasteiger partial charge is 0.371 e. The van der Waals surface area contributed by atoms with E-state index in [4.69, 9.17) is 0 Å². The third-order valence-corrected chi connectivity index (χ3v) is 4.62. The molecular formula is C21H28FN3O3. The molecule has 0 fully saturated rings. The lowest BCUT2D eigenvalue weighted by molar-refractivity contribution is 0.0590. The molecule has 1 unspecified atom stereocenters. The second-order valence-electron chi connectivity index (χ2n) is 8.07. The Morgan fingerprint density at radius 1 is 1.18 bits per heavy atom. The normalized spacial score (nSPS) is 12.8. The molecule has 152 valence electrons. The van der Waals surface area contributed by atoms with Gasteiger partial charge in [0.2, 0.25) is 5.78 Å². The van der Waals surface area contributed by atoms with Crippen molar-refractivity contribution in [3.63, 3.8) is 0 Å². The van der Waals surface area contributed by atoms with Crippen LogP contribution in [0.1, 0.15) is 58.4 Å². The Morgan fingerprint density at radius 2 is 1.79 bits per heavy atom. The lowest BCUT2D eigenvalue weighted by Crippen LogP contribution is -2.48. The molecule has 1 heterocycles. The van der Waals surface area contributed by atoms with E-state index in [1.54, 1.807) is 38.5 Å². The molecule has 0 aliphatic carbocycles. The summed E-state index contributed by atoms with van der Waals surface area (Å²) in [6, 6.07) is 4.32. The number of Topliss-reactive ketones (excluding diaryl/α,β-unsaturated/α-hetero) is 1. The van der Waals surface area contributed by atoms with E-state index in [1.807, 2.05) is 20.8 Å². The first-order chi connectivity index (χ1) is 12.8. The molecule has 7 heteroatoms. The minimum absolute atomic E-state index is 0.266. The van der Waals surface area contributed by atoms with Crippen molar-refractivity contribution in [2.45, 2.75) is 53.3 Å². The van der Waals surface area contributed by atoms with Crippen LogP contribution in [0, 0.1) is 26.6 Å². The van der Waals surface area contributed by atoms with Gasteiger partial charge < -0.3 is 15.0 Å². The predicted octanol–water partition coefficient (Wildman–Crippen LogP) is 3.23. The minimum atomic E-state index is -1.39. The molecule has 0 saturated carbocycles. The Bertz CT molecular complexity index is 926. The predicted molar refractivity (Wildman–Crippen MR) is 107 cm³/mol. The molecule has 1 amide bonds. The number of aromatic nitrogens is 1. The highest BCUT2D eigenvalue weighted by Gasteiger charge is 2.30. The van der Waals surface area contributed by atoms with Gasteiger partial charge >= 0.3 is 0 Å². The molecule has 0 aliphatic heterocycles. The van der Waals surface area contributed by atoms with E-state index in [2.05, 4.69) is 10.6 Å². The Balaban J connectivity index is 2.36. The van der Waals surface area contributed by atoms with Crippen LogP contribution in [0.4, 0.5) is 10.1 Å². The average molecular weight is 389 g/mol. The Kier molecular flexibility index (Phi) is 6.11. The van der Waals surface area contributed by atoms with Crippen LogP contribution in [-0.4, -0.2) is 33.1 Å². The van der Waals surface area contributed by atoms with Crippen molar-refractivity contribution in [2.24, 2.45) is 7.05 Å². The summed E-state index contributed by atoms with van der Waals surface area (Å²) in [5.74, 6) is -1.25. The van der Waals surface area contributed by atoms with Gasteiger partial charge in [0.05, 0.1) is 11.3 Å². The number of benzene rings is 1. The van der Waals surface area contributed by atoms with Crippen molar-refractivity contribution in [1.82, 2.24) is 9.88 Å². The van der Waals surface area contributed by atoms with Gasteiger partial charge in [-0.3, -0.25) is 14.9 Å². The summed E-state index contributed by atoms with van der Waals surface area (Å²) in [5, 5.41) is 15.9. The van der Waals surface area contributed by atoms with E-state index in [0.29, 0.717) is 28.1 Å². The molecule has 28 heavy (non-hydrogen) atoms. The first-order valence-corrected chi connectivity index (χ1v) is 9.07. The number of amides is 1. The maximum atomic E-state index is 13.4. The van der Waals surface area contributed by atoms with Crippen LogP contribution in [0.2, 0.25) is 0 Å². The van der Waals surface area contributed by atoms with Crippen LogP contribution in [0.15, 0.2) is 18.2 Å². The smallest absolute Gasteiger partial charge is 0.257 e. The number of hydrogen-bond donors (Lipinski definition) is 3. The molecule has 3 N–H and O–H groups in total. The molecule has 0 aliphatic rings. The fourth-order valence-electron chi connectivity index (χ4n) is 3.18. The molecule has 1 aromatic carbocycles. The average Bonchev–Trinajstić information content (AvgIpc) is 2.78. The number of aliphatic hydroxyl groups excluding tert-OH is 1. The van der Waals surface area contributed by atoms with Gasteiger partial charge in [0.25, 0.3) is 5.91 Å². The summed E-state index contributed by atoms with van der Waals surface area (Å²) >= 11 is 0. The van der Waals surface area contributed by atoms with Crippen LogP contribution in [0.3, 0.4) is 0 Å². The van der Waals surface area contributed by atoms with E-state index in [9.17, 15) is 19.1 Å². The van der Waals surface area contributed by atoms with Crippen LogP contribution < -0.4 is 10.6 Å². The third-order valence-electron chi connectivity index (χ3n) is 4.62. The number of aryl methyl sites for hydroxylation is 1. The highest BCUT2D eigenvalue weighted by molar-refractivity contribution is 6.09. The molecule has 6 nitrogen and oxygen atoms in total. The van der Waals surface area contributed by atoms with Crippen molar-refractivity contribution in [3.05, 3.63) is 52.1 Å². The zero-order valence-corrected chi connectivity index (χ0v) is 17.4. The lowest BCUT2D eigenvalue weighted by atomic mass is 10.0. The number of carbonyl (C=O) groups is 2. The minimum Gasteiger partial charge on any atom is -0.371 e. The van der Waals surface area contributed by atoms with Gasteiger partial charge in [-0.1, -0.05) is 0 Å². The standard InChI is InChI=1S/C21H28FN3O3/c1-11-10-14(8-9-15(11)22)23-19(27)16-12(2)17(25(7)13(16)3)18(26)20(28)24-21(4,5)6/h8-10,20,24,28H,1-7H3,(H,23,27). The number of aliphatic hydroxyl groups is 1. The first kappa shape index (κ1) is 21.8. The van der Waals surface area contributed by atoms with Gasteiger partial charge in [-0.05, 0) is 70.9 Å². The van der Waals surface area contributed by atoms with E-state index in [-0.39, 0.29) is 11.5 Å². The number of halogens is 1. The summed E-state index contributed by atoms with van der Waals surface area (Å²) < 4.78 is 15.0. The van der Waals surface area contributed by atoms with Crippen molar-refractivity contribution >= 4 is 17.4 Å². The summed E-state index contributed by atoms with van der Waals surface area (Å²) in [6.45, 7) is 10.6. The zero-order valence-electron chi connectivity index (χ0n) is 17.4. The van der Waals surface area contributed by atoms with Gasteiger partial charge in [-0.2, -0.15) is 0 Å². The van der Waals surface area contributed by atoms with Gasteiger partial charge in [-0.25, -0.2) is 4.39 Å². The second-order valence-corrected chi connectivity index (χ2v) is 8.07. The summed E-state index contributed by atoms with van der Waals surface area (Å²) in [7, 11) is 1.68. The number of rotatable bonds is 5. The van der Waals surface area contributed by atoms with Crippen molar-refractivity contribution in [2.75, 3.05) is 5.32 Å². The maximum Gasteiger partial charge on any atom is 0.257 e. The van der Waals surface area contributed by atoms with Gasteiger partial charge in [0, 0.05) is 24.0 Å².